The van der Waals surface area contributed by atoms with Crippen LogP contribution in [0.5, 0.6) is 0 Å². The summed E-state index contributed by atoms with van der Waals surface area (Å²) in [5.74, 6) is -0.418. The molecule has 0 radical (unpaired) electrons. The zero-order chi connectivity index (χ0) is 16.4. The minimum Gasteiger partial charge on any atom is -0.366 e. The van der Waals surface area contributed by atoms with E-state index in [4.69, 9.17) is 5.73 Å². The minimum atomic E-state index is -0.418. The van der Waals surface area contributed by atoms with Gasteiger partial charge in [0, 0.05) is 29.7 Å². The van der Waals surface area contributed by atoms with E-state index >= 15 is 0 Å². The number of carbonyl (C=O) groups excluding carboxylic acids is 1. The number of benzene rings is 1. The smallest absolute Gasteiger partial charge is 0.251 e. The third-order valence-electron chi connectivity index (χ3n) is 4.13. The van der Waals surface area contributed by atoms with Crippen molar-refractivity contribution in [2.75, 3.05) is 0 Å². The lowest BCUT2D eigenvalue weighted by Gasteiger charge is -2.10. The number of carbonyl (C=O) groups is 1. The first kappa shape index (κ1) is 15.0. The quantitative estimate of drug-likeness (QED) is 0.804. The van der Waals surface area contributed by atoms with Crippen LogP contribution in [0.25, 0.3) is 11.3 Å². The third-order valence-corrected chi connectivity index (χ3v) is 4.13. The lowest BCUT2D eigenvalue weighted by molar-refractivity contribution is 0.1000. The molecule has 1 aromatic carbocycles. The van der Waals surface area contributed by atoms with Gasteiger partial charge in [0.1, 0.15) is 0 Å². The van der Waals surface area contributed by atoms with Crippen molar-refractivity contribution in [1.82, 2.24) is 9.55 Å². The summed E-state index contributed by atoms with van der Waals surface area (Å²) in [4.78, 5) is 16.4. The SMILES string of the molecule is Cc1c(C(N)=O)c(-c2ccccn2)c(C)n1Cc1ccccc1. The molecule has 2 heterocycles. The van der Waals surface area contributed by atoms with Crippen molar-refractivity contribution in [3.05, 3.63) is 77.2 Å². The number of rotatable bonds is 4. The molecule has 0 atom stereocenters. The van der Waals surface area contributed by atoms with E-state index in [-0.39, 0.29) is 0 Å². The maximum absolute atomic E-state index is 12.0. The molecule has 0 spiro atoms. The van der Waals surface area contributed by atoms with Gasteiger partial charge in [-0.1, -0.05) is 36.4 Å². The first-order chi connectivity index (χ1) is 11.1. The summed E-state index contributed by atoms with van der Waals surface area (Å²) in [5.41, 5.74) is 10.9. The Kier molecular flexibility index (Phi) is 3.98. The summed E-state index contributed by atoms with van der Waals surface area (Å²) in [7, 11) is 0. The molecule has 0 bridgehead atoms. The number of hydrogen-bond acceptors (Lipinski definition) is 2. The van der Waals surface area contributed by atoms with E-state index in [2.05, 4.69) is 21.7 Å². The van der Waals surface area contributed by atoms with E-state index in [1.54, 1.807) is 6.20 Å². The Bertz CT molecular complexity index is 836. The predicted molar refractivity (Wildman–Crippen MR) is 91.2 cm³/mol. The molecule has 23 heavy (non-hydrogen) atoms. The second kappa shape index (κ2) is 6.08. The molecule has 1 amide bonds. The molecule has 0 saturated carbocycles. The number of hydrogen-bond donors (Lipinski definition) is 1. The monoisotopic (exact) mass is 305 g/mol. The Morgan fingerprint density at radius 1 is 1.04 bits per heavy atom. The molecule has 0 aliphatic rings. The number of aromatic nitrogens is 2. The fourth-order valence-electron chi connectivity index (χ4n) is 3.01. The Morgan fingerprint density at radius 3 is 2.35 bits per heavy atom. The summed E-state index contributed by atoms with van der Waals surface area (Å²) in [6.45, 7) is 4.64. The van der Waals surface area contributed by atoms with Crippen molar-refractivity contribution in [3.63, 3.8) is 0 Å². The number of nitrogens with two attached hydrogens (primary N) is 1. The normalized spacial score (nSPS) is 10.7. The van der Waals surface area contributed by atoms with Crippen molar-refractivity contribution in [3.8, 4) is 11.3 Å². The van der Waals surface area contributed by atoms with E-state index in [0.717, 1.165) is 22.6 Å². The van der Waals surface area contributed by atoms with Gasteiger partial charge >= 0.3 is 0 Å². The standard InChI is InChI=1S/C19H19N3O/c1-13-17(16-10-6-7-11-21-16)18(19(20)23)14(2)22(13)12-15-8-4-3-5-9-15/h3-11H,12H2,1-2H3,(H2,20,23). The van der Waals surface area contributed by atoms with Crippen LogP contribution < -0.4 is 5.73 Å². The molecule has 2 N–H and O–H groups in total. The van der Waals surface area contributed by atoms with Gasteiger partial charge in [0.25, 0.3) is 5.91 Å². The Balaban J connectivity index is 2.17. The van der Waals surface area contributed by atoms with Crippen LogP contribution in [0.4, 0.5) is 0 Å². The number of primary amides is 1. The van der Waals surface area contributed by atoms with E-state index in [1.807, 2.05) is 50.2 Å². The second-order valence-electron chi connectivity index (χ2n) is 5.57. The third kappa shape index (κ3) is 2.75. The first-order valence-corrected chi connectivity index (χ1v) is 7.54. The van der Waals surface area contributed by atoms with Gasteiger partial charge in [0.15, 0.2) is 0 Å². The van der Waals surface area contributed by atoms with E-state index in [1.165, 1.54) is 5.56 Å². The molecule has 0 fully saturated rings. The van der Waals surface area contributed by atoms with Crippen LogP contribution in [0.3, 0.4) is 0 Å². The summed E-state index contributed by atoms with van der Waals surface area (Å²) in [6.07, 6.45) is 1.73. The number of amides is 1. The fraction of sp³-hybridized carbons (Fsp3) is 0.158. The molecule has 0 aliphatic heterocycles. The molecular weight excluding hydrogens is 286 g/mol. The average Bonchev–Trinajstić information content (AvgIpc) is 2.81. The van der Waals surface area contributed by atoms with Crippen LogP contribution in [0.1, 0.15) is 27.3 Å². The zero-order valence-electron chi connectivity index (χ0n) is 13.3. The Morgan fingerprint density at radius 2 is 1.74 bits per heavy atom. The van der Waals surface area contributed by atoms with Crippen molar-refractivity contribution >= 4 is 5.91 Å². The molecule has 3 aromatic rings. The Labute approximate surface area is 135 Å². The summed E-state index contributed by atoms with van der Waals surface area (Å²) >= 11 is 0. The highest BCUT2D eigenvalue weighted by Crippen LogP contribution is 2.31. The van der Waals surface area contributed by atoms with Gasteiger partial charge in [0.2, 0.25) is 0 Å². The highest BCUT2D eigenvalue weighted by molar-refractivity contribution is 6.01. The Hall–Kier alpha value is -2.88. The summed E-state index contributed by atoms with van der Waals surface area (Å²) < 4.78 is 2.12. The molecule has 0 aliphatic carbocycles. The van der Waals surface area contributed by atoms with Crippen LogP contribution >= 0.6 is 0 Å². The van der Waals surface area contributed by atoms with E-state index in [0.29, 0.717) is 12.1 Å². The van der Waals surface area contributed by atoms with Gasteiger partial charge < -0.3 is 10.3 Å². The van der Waals surface area contributed by atoms with E-state index < -0.39 is 5.91 Å². The van der Waals surface area contributed by atoms with Crippen LogP contribution in [0.2, 0.25) is 0 Å². The molecule has 0 unspecified atom stereocenters. The topological polar surface area (TPSA) is 60.9 Å². The van der Waals surface area contributed by atoms with Gasteiger partial charge in [-0.2, -0.15) is 0 Å². The van der Waals surface area contributed by atoms with E-state index in [9.17, 15) is 4.79 Å². The van der Waals surface area contributed by atoms with Crippen LogP contribution in [0, 0.1) is 13.8 Å². The lowest BCUT2D eigenvalue weighted by atomic mass is 10.0. The molecule has 3 rings (SSSR count). The highest BCUT2D eigenvalue weighted by Gasteiger charge is 2.23. The van der Waals surface area contributed by atoms with Gasteiger partial charge in [-0.05, 0) is 31.5 Å². The molecule has 4 nitrogen and oxygen atoms in total. The van der Waals surface area contributed by atoms with Crippen molar-refractivity contribution in [1.29, 1.82) is 0 Å². The van der Waals surface area contributed by atoms with Crippen molar-refractivity contribution < 1.29 is 4.79 Å². The molecule has 0 saturated heterocycles. The highest BCUT2D eigenvalue weighted by atomic mass is 16.1. The molecular formula is C19H19N3O. The minimum absolute atomic E-state index is 0.418. The van der Waals surface area contributed by atoms with Gasteiger partial charge in [-0.15, -0.1) is 0 Å². The first-order valence-electron chi connectivity index (χ1n) is 7.54. The maximum atomic E-state index is 12.0. The lowest BCUT2D eigenvalue weighted by Crippen LogP contribution is -2.13. The number of pyridine rings is 1. The van der Waals surface area contributed by atoms with Crippen molar-refractivity contribution in [2.45, 2.75) is 20.4 Å². The largest absolute Gasteiger partial charge is 0.366 e. The molecule has 2 aromatic heterocycles. The fourth-order valence-corrected chi connectivity index (χ4v) is 3.01. The molecule has 116 valence electrons. The summed E-state index contributed by atoms with van der Waals surface area (Å²) in [6, 6.07) is 15.8. The number of nitrogens with zero attached hydrogens (tertiary/aromatic N) is 2. The van der Waals surface area contributed by atoms with Gasteiger partial charge in [-0.25, -0.2) is 0 Å². The maximum Gasteiger partial charge on any atom is 0.251 e. The summed E-state index contributed by atoms with van der Waals surface area (Å²) in [5, 5.41) is 0. The van der Waals surface area contributed by atoms with Crippen LogP contribution in [-0.4, -0.2) is 15.5 Å². The second-order valence-corrected chi connectivity index (χ2v) is 5.57. The average molecular weight is 305 g/mol. The van der Waals surface area contributed by atoms with Crippen LogP contribution in [0.15, 0.2) is 54.7 Å². The molecule has 4 heteroatoms. The van der Waals surface area contributed by atoms with Gasteiger partial charge in [0.05, 0.1) is 11.3 Å². The predicted octanol–water partition coefficient (Wildman–Crippen LogP) is 3.31. The van der Waals surface area contributed by atoms with Gasteiger partial charge in [-0.3, -0.25) is 9.78 Å². The zero-order valence-corrected chi connectivity index (χ0v) is 13.3. The van der Waals surface area contributed by atoms with Crippen molar-refractivity contribution in [2.24, 2.45) is 5.73 Å². The van der Waals surface area contributed by atoms with Crippen LogP contribution in [-0.2, 0) is 6.54 Å².